The quantitative estimate of drug-likeness (QED) is 0.0147. The maximum absolute atomic E-state index is 12.0. The number of pyridine rings is 3. The second-order valence-corrected chi connectivity index (χ2v) is 39.1. The van der Waals surface area contributed by atoms with E-state index < -0.39 is 0 Å². The molecule has 14 aromatic heterocycles. The molecule has 0 spiro atoms. The highest BCUT2D eigenvalue weighted by molar-refractivity contribution is 6.19. The van der Waals surface area contributed by atoms with Crippen LogP contribution in [0.2, 0.25) is 0 Å². The third-order valence-electron chi connectivity index (χ3n) is 26.8. The van der Waals surface area contributed by atoms with Crippen LogP contribution in [0, 0.1) is 12.8 Å². The summed E-state index contributed by atoms with van der Waals surface area (Å²) in [7, 11) is 0. The Kier molecular flexibility index (Phi) is 28.0. The zero-order valence-corrected chi connectivity index (χ0v) is 80.9. The smallest absolute Gasteiger partial charge is 0.254 e. The van der Waals surface area contributed by atoms with Gasteiger partial charge in [0.2, 0.25) is 29.5 Å². The summed E-state index contributed by atoms with van der Waals surface area (Å²) in [5, 5.41) is 51.6. The molecule has 0 bridgehead atoms. The van der Waals surface area contributed by atoms with Gasteiger partial charge in [-0.2, -0.15) is 48.1 Å². The molecule has 25 rings (SSSR count). The van der Waals surface area contributed by atoms with Crippen LogP contribution in [0.5, 0.6) is 0 Å². The first-order chi connectivity index (χ1) is 71.6. The van der Waals surface area contributed by atoms with Crippen LogP contribution in [0.4, 0.5) is 29.1 Å². The van der Waals surface area contributed by atoms with Crippen molar-refractivity contribution in [2.24, 2.45) is 11.7 Å². The highest BCUT2D eigenvalue weighted by Crippen LogP contribution is 2.36. The van der Waals surface area contributed by atoms with E-state index in [2.05, 4.69) is 122 Å². The number of imide groups is 5. The Labute approximate surface area is 841 Å². The number of hydrogen-bond acceptors (Lipinski definition) is 31. The highest BCUT2D eigenvalue weighted by atomic mass is 16.2. The van der Waals surface area contributed by atoms with Crippen LogP contribution < -0.4 is 58.9 Å². The average Bonchev–Trinajstić information content (AvgIpc) is 1.65. The summed E-state index contributed by atoms with van der Waals surface area (Å²) in [6, 6.07) is 26.9. The van der Waals surface area contributed by atoms with E-state index >= 15 is 0 Å². The van der Waals surface area contributed by atoms with E-state index in [1.54, 1.807) is 115 Å². The van der Waals surface area contributed by atoms with E-state index in [9.17, 15) is 47.9 Å². The van der Waals surface area contributed by atoms with Gasteiger partial charge >= 0.3 is 0 Å². The fourth-order valence-corrected chi connectivity index (χ4v) is 18.1. The molecule has 5 saturated heterocycles. The van der Waals surface area contributed by atoms with Gasteiger partial charge in [0.1, 0.15) is 29.1 Å². The van der Waals surface area contributed by atoms with Gasteiger partial charge in [0.15, 0.2) is 28.2 Å². The fraction of sp³-hybridized carbons (Fsp3) is 0.349. The van der Waals surface area contributed by atoms with Gasteiger partial charge in [0.25, 0.3) is 29.5 Å². The SMILES string of the molecule is Cc1cnc(CCc2cc(NC3CC3)n3ncc(/C=C4\CC(=O)NC4=O)c3n2)cn1.NC1CCC(Cc2cc(NC3CC3)n3ncc(/C=C4\CC(=O)NC4=O)c3n2)CC1.O=C1C/C(=C\c2cnn3c(NC4CC4)cc(CCCc4ccccn4)nc23)C(=O)N1.O=C1C/C(=C\c2cnn3c(NC4CC4)cc(CCc4cccnc4)nc23)C(=O)N1.O=C1C/C(=C\c2cnn3c(NC4CC4)cc(CCc4ccncc4)nc23)C(=O)N1. The first-order valence-corrected chi connectivity index (χ1v) is 50.2. The van der Waals surface area contributed by atoms with Gasteiger partial charge in [0, 0.05) is 200 Å². The maximum atomic E-state index is 12.0. The van der Waals surface area contributed by atoms with Crippen molar-refractivity contribution in [1.82, 2.24) is 124 Å². The van der Waals surface area contributed by atoms with Gasteiger partial charge in [-0.05, 0) is 239 Å². The number of nitrogens with two attached hydrogens (primary N) is 1. The molecule has 0 atom stereocenters. The lowest BCUT2D eigenvalue weighted by Gasteiger charge is -2.25. The van der Waals surface area contributed by atoms with E-state index in [0.717, 1.165) is 243 Å². The molecule has 0 unspecified atom stereocenters. The lowest BCUT2D eigenvalue weighted by Crippen LogP contribution is -2.27. The maximum Gasteiger partial charge on any atom is 0.254 e. The Morgan fingerprint density at radius 3 is 0.980 bits per heavy atom. The molecule has 0 aromatic carbocycles. The normalized spacial score (nSPS) is 19.5. The Hall–Kier alpha value is -17.0. The molecule has 5 aliphatic heterocycles. The molecule has 11 aliphatic rings. The summed E-state index contributed by atoms with van der Waals surface area (Å²) in [5.41, 5.74) is 25.4. The van der Waals surface area contributed by atoms with Crippen molar-refractivity contribution in [3.05, 3.63) is 260 Å². The Morgan fingerprint density at radius 1 is 0.313 bits per heavy atom. The molecular formula is C106H109N31O10. The van der Waals surface area contributed by atoms with Crippen molar-refractivity contribution in [1.29, 1.82) is 0 Å². The standard InChI is InChI=1S/C22H22N6O2.C21H21N7O2.C21H26N6O2.2C21H20N6O2/c29-20-11-14(22(30)27-20)10-15-13-24-28-19(25-17-7-8-17)12-18(26-21(15)28)6-3-5-16-4-1-2-9-23-16;1-12-9-23-17(11-22-12)5-4-16-8-18(25-15-2-3-15)28-20(26-16)14(10-24-28)6-13-7-19(29)27-21(13)30;22-15-3-1-12(2-4-15)7-17-10-18(24-16-5-6-16)27-20(25-17)14(11-23-27)8-13-9-19(28)26-21(13)29;28-19-10-14(21(29)26-19)9-15-12-23-27-18(24-16-3-4-16)11-17(25-20(15)27)2-1-13-5-7-22-8-6-13;28-19-9-14(21(29)26-19)8-15-12-23-27-18(24-16-5-6-16)10-17(25-20(15)27)4-3-13-2-1-7-22-11-13/h1-2,4,9-10,12-13,17,25H,3,5-8,11H2,(H,27,29,30);6,8-11,15,25H,2-5,7H2,1H3,(H,27,29,30);8,10-12,15-16,24H,1-7,9,22H2,(H,26,28,29);5-9,11-12,16,24H,1-4,10H2,(H,26,28,29);1-2,7-8,10-12,16,24H,3-6,9H2,(H,26,28,29)/b14-10+;13-6+;13-8+;14-9+;14-8+. The Balaban J connectivity index is 0.000000108. The lowest BCUT2D eigenvalue weighted by molar-refractivity contribution is -0.125. The molecular weight excluding hydrogens is 1870 g/mol. The largest absolute Gasteiger partial charge is 0.367 e. The number of amides is 10. The zero-order chi connectivity index (χ0) is 101. The number of carbonyl (C=O) groups is 10. The van der Waals surface area contributed by atoms with E-state index in [1.807, 2.05) is 73.9 Å². The molecule has 6 aliphatic carbocycles. The number of anilines is 5. The van der Waals surface area contributed by atoms with Gasteiger partial charge in [-0.3, -0.25) is 99.4 Å². The molecule has 147 heavy (non-hydrogen) atoms. The zero-order valence-electron chi connectivity index (χ0n) is 80.9. The number of fused-ring (bicyclic) bond motifs is 5. The van der Waals surface area contributed by atoms with Gasteiger partial charge < -0.3 is 32.3 Å². The summed E-state index contributed by atoms with van der Waals surface area (Å²) >= 11 is 0. The van der Waals surface area contributed by atoms with Gasteiger partial charge in [0.05, 0.1) is 74.5 Å². The number of carbonyl (C=O) groups excluding carboxylic acids is 10. The minimum Gasteiger partial charge on any atom is -0.367 e. The summed E-state index contributed by atoms with van der Waals surface area (Å²) in [5.74, 6) is 2.01. The molecule has 748 valence electrons. The van der Waals surface area contributed by atoms with E-state index in [1.165, 1.54) is 18.4 Å². The Bertz CT molecular complexity index is 7480. The topological polar surface area (TPSA) is 532 Å². The molecule has 0 radical (unpaired) electrons. The minimum atomic E-state index is -0.357. The monoisotopic (exact) mass is 1980 g/mol. The number of nitrogens with one attached hydrogen (secondary N) is 10. The summed E-state index contributed by atoms with van der Waals surface area (Å²) < 4.78 is 8.89. The van der Waals surface area contributed by atoms with E-state index in [4.69, 9.17) is 30.7 Å². The van der Waals surface area contributed by atoms with Crippen LogP contribution >= 0.6 is 0 Å². The van der Waals surface area contributed by atoms with Crippen molar-refractivity contribution in [2.45, 2.75) is 229 Å². The van der Waals surface area contributed by atoms with Crippen molar-refractivity contribution in [3.8, 4) is 0 Å². The number of hydrogen-bond donors (Lipinski definition) is 11. The third-order valence-corrected chi connectivity index (χ3v) is 26.8. The van der Waals surface area contributed by atoms with Gasteiger partial charge in [-0.1, -0.05) is 12.1 Å². The molecule has 10 amide bonds. The summed E-state index contributed by atoms with van der Waals surface area (Å²) in [6.45, 7) is 1.91. The molecule has 41 heteroatoms. The van der Waals surface area contributed by atoms with Crippen LogP contribution in [0.3, 0.4) is 0 Å². The van der Waals surface area contributed by atoms with Crippen LogP contribution in [0.1, 0.15) is 213 Å². The van der Waals surface area contributed by atoms with Crippen LogP contribution in [0.25, 0.3) is 58.6 Å². The van der Waals surface area contributed by atoms with Crippen molar-refractivity contribution < 1.29 is 47.9 Å². The van der Waals surface area contributed by atoms with Crippen LogP contribution in [-0.2, 0) is 106 Å². The first kappa shape index (κ1) is 96.1. The van der Waals surface area contributed by atoms with E-state index in [0.29, 0.717) is 105 Å². The van der Waals surface area contributed by atoms with Gasteiger partial charge in [-0.25, -0.2) is 24.9 Å². The predicted molar refractivity (Wildman–Crippen MR) is 544 cm³/mol. The third kappa shape index (κ3) is 24.4. The lowest BCUT2D eigenvalue weighted by atomic mass is 9.84. The minimum absolute atomic E-state index is 0.0785. The fourth-order valence-electron chi connectivity index (χ4n) is 18.1. The second kappa shape index (κ2) is 42.9. The predicted octanol–water partition coefficient (Wildman–Crippen LogP) is 9.54. The number of aromatic nitrogens is 20. The number of aryl methyl sites for hydroxylation is 9. The van der Waals surface area contributed by atoms with Crippen LogP contribution in [-0.4, -0.2) is 193 Å². The average molecular weight is 1980 g/mol. The molecule has 12 N–H and O–H groups in total. The van der Waals surface area contributed by atoms with E-state index in [-0.39, 0.29) is 91.2 Å². The molecule has 41 nitrogen and oxygen atoms in total. The Morgan fingerprint density at radius 2 is 0.653 bits per heavy atom. The molecule has 11 fully saturated rings. The highest BCUT2D eigenvalue weighted by Gasteiger charge is 2.35. The molecule has 6 saturated carbocycles. The van der Waals surface area contributed by atoms with Crippen molar-refractivity contribution in [2.75, 3.05) is 26.6 Å². The molecule has 19 heterocycles. The second-order valence-electron chi connectivity index (χ2n) is 39.1. The van der Waals surface area contributed by atoms with Crippen molar-refractivity contribution in [3.63, 3.8) is 0 Å². The van der Waals surface area contributed by atoms with Gasteiger partial charge in [-0.15, -0.1) is 0 Å². The molecule has 14 aromatic rings. The number of nitrogens with zero attached hydrogens (tertiary/aromatic N) is 20. The first-order valence-electron chi connectivity index (χ1n) is 50.2. The van der Waals surface area contributed by atoms with Crippen LogP contribution in [0.15, 0.2) is 175 Å². The summed E-state index contributed by atoms with van der Waals surface area (Å²) in [4.78, 5) is 163. The summed E-state index contributed by atoms with van der Waals surface area (Å²) in [6.07, 6.45) is 54.2. The number of rotatable bonds is 30. The van der Waals surface area contributed by atoms with Crippen molar-refractivity contribution >= 4 is 147 Å².